The van der Waals surface area contributed by atoms with E-state index >= 15 is 0 Å². The van der Waals surface area contributed by atoms with Gasteiger partial charge in [0.2, 0.25) is 0 Å². The fourth-order valence-electron chi connectivity index (χ4n) is 7.13. The van der Waals surface area contributed by atoms with Gasteiger partial charge in [-0.2, -0.15) is 0 Å². The molecular weight excluding hydrogens is 613 g/mol. The van der Waals surface area contributed by atoms with Crippen LogP contribution in [0.25, 0.3) is 99.8 Å². The van der Waals surface area contributed by atoms with Crippen LogP contribution in [0, 0.1) is 0 Å². The second-order valence-electron chi connectivity index (χ2n) is 12.6. The topological polar surface area (TPSA) is 52.1 Å². The molecule has 0 atom stereocenters. The molecule has 234 valence electrons. The normalized spacial score (nSPS) is 11.6. The smallest absolute Gasteiger partial charge is 0.143 e. The van der Waals surface area contributed by atoms with E-state index in [-0.39, 0.29) is 0 Å². The second-order valence-corrected chi connectivity index (χ2v) is 12.6. The van der Waals surface area contributed by atoms with Gasteiger partial charge >= 0.3 is 0 Å². The number of benzene rings is 6. The quantitative estimate of drug-likeness (QED) is 0.188. The molecule has 4 nitrogen and oxygen atoms in total. The van der Waals surface area contributed by atoms with E-state index in [9.17, 15) is 0 Å². The van der Waals surface area contributed by atoms with Crippen LogP contribution in [0.15, 0.2) is 179 Å². The molecule has 0 fully saturated rings. The van der Waals surface area contributed by atoms with Gasteiger partial charge in [0.1, 0.15) is 22.3 Å². The Kier molecular flexibility index (Phi) is 6.46. The van der Waals surface area contributed by atoms with Crippen molar-refractivity contribution in [2.45, 2.75) is 0 Å². The van der Waals surface area contributed by atoms with Crippen molar-refractivity contribution in [3.8, 4) is 55.9 Å². The number of para-hydroxylation sites is 4. The summed E-state index contributed by atoms with van der Waals surface area (Å²) in [4.78, 5) is 9.41. The monoisotopic (exact) mass is 640 g/mol. The van der Waals surface area contributed by atoms with Crippen molar-refractivity contribution < 1.29 is 8.83 Å². The Labute approximate surface area is 287 Å². The number of furan rings is 2. The average Bonchev–Trinajstić information content (AvgIpc) is 3.77. The molecule has 0 spiro atoms. The maximum Gasteiger partial charge on any atom is 0.143 e. The van der Waals surface area contributed by atoms with E-state index in [1.54, 1.807) is 0 Å². The van der Waals surface area contributed by atoms with Gasteiger partial charge in [0.05, 0.1) is 11.4 Å². The molecular formula is C46H28N2O2. The van der Waals surface area contributed by atoms with Crippen molar-refractivity contribution in [1.82, 2.24) is 9.97 Å². The Hall–Kier alpha value is -6.78. The van der Waals surface area contributed by atoms with Crippen LogP contribution < -0.4 is 0 Å². The maximum absolute atomic E-state index is 6.29. The van der Waals surface area contributed by atoms with Crippen LogP contribution >= 0.6 is 0 Å². The molecule has 4 aromatic heterocycles. The molecule has 4 heteroatoms. The highest BCUT2D eigenvalue weighted by molar-refractivity contribution is 6.10. The summed E-state index contributed by atoms with van der Waals surface area (Å²) in [5.41, 5.74) is 14.1. The summed E-state index contributed by atoms with van der Waals surface area (Å²) in [6.45, 7) is 0. The van der Waals surface area contributed by atoms with Gasteiger partial charge < -0.3 is 8.83 Å². The van der Waals surface area contributed by atoms with Gasteiger partial charge in [-0.15, -0.1) is 0 Å². The van der Waals surface area contributed by atoms with E-state index in [0.29, 0.717) is 0 Å². The molecule has 0 bridgehead atoms. The minimum Gasteiger partial charge on any atom is -0.455 e. The largest absolute Gasteiger partial charge is 0.455 e. The lowest BCUT2D eigenvalue weighted by atomic mass is 9.98. The lowest BCUT2D eigenvalue weighted by molar-refractivity contribution is 0.669. The predicted octanol–water partition coefficient (Wildman–Crippen LogP) is 12.6. The van der Waals surface area contributed by atoms with Crippen LogP contribution in [-0.4, -0.2) is 9.97 Å². The van der Waals surface area contributed by atoms with Gasteiger partial charge in [-0.25, -0.2) is 0 Å². The summed E-state index contributed by atoms with van der Waals surface area (Å²) in [6, 6.07) is 54.7. The summed E-state index contributed by atoms with van der Waals surface area (Å²) in [5, 5.41) is 4.53. The molecule has 0 radical (unpaired) electrons. The molecule has 4 heterocycles. The first-order valence-corrected chi connectivity index (χ1v) is 16.7. The third kappa shape index (κ3) is 4.69. The van der Waals surface area contributed by atoms with Gasteiger partial charge in [-0.05, 0) is 69.8 Å². The van der Waals surface area contributed by atoms with E-state index in [1.165, 1.54) is 0 Å². The number of rotatable bonds is 5. The van der Waals surface area contributed by atoms with Crippen LogP contribution in [0.2, 0.25) is 0 Å². The highest BCUT2D eigenvalue weighted by Crippen LogP contribution is 2.38. The Bertz CT molecular complexity index is 2660. The van der Waals surface area contributed by atoms with Crippen molar-refractivity contribution in [2.24, 2.45) is 0 Å². The molecule has 10 rings (SSSR count). The van der Waals surface area contributed by atoms with E-state index in [4.69, 9.17) is 18.8 Å². The zero-order valence-corrected chi connectivity index (χ0v) is 26.9. The highest BCUT2D eigenvalue weighted by Gasteiger charge is 2.14. The highest BCUT2D eigenvalue weighted by atomic mass is 16.3. The fourth-order valence-corrected chi connectivity index (χ4v) is 7.13. The summed E-state index contributed by atoms with van der Waals surface area (Å²) in [7, 11) is 0. The first-order chi connectivity index (χ1) is 24.8. The Morgan fingerprint density at radius 1 is 0.320 bits per heavy atom. The van der Waals surface area contributed by atoms with E-state index in [1.807, 2.05) is 48.8 Å². The number of pyridine rings is 2. The lowest BCUT2D eigenvalue weighted by Gasteiger charge is -2.09. The van der Waals surface area contributed by atoms with E-state index in [0.717, 1.165) is 99.8 Å². The zero-order valence-electron chi connectivity index (χ0n) is 26.9. The molecule has 0 amide bonds. The zero-order chi connectivity index (χ0) is 33.0. The third-order valence-corrected chi connectivity index (χ3v) is 9.65. The minimum atomic E-state index is 0.827. The standard InChI is InChI=1S/C46H28N2O2/c1-3-13-43-37(7-1)39-11-5-9-35(45(39)49-43)31-19-15-29(16-20-31)33-23-25-47-41(27-33)42-28-34(24-26-48-42)30-17-21-32(22-18-30)36-10-6-12-40-38-8-2-4-14-44(38)50-46(36)40/h1-28H. The molecule has 50 heavy (non-hydrogen) atoms. The van der Waals surface area contributed by atoms with Crippen molar-refractivity contribution in [3.63, 3.8) is 0 Å². The SMILES string of the molecule is c1ccc2c(c1)oc1c(-c3ccc(-c4ccnc(-c5cc(-c6ccc(-c7cccc8c7oc7ccccc78)cc6)ccn5)c4)cc3)cccc12. The molecule has 0 unspecified atom stereocenters. The van der Waals surface area contributed by atoms with Crippen molar-refractivity contribution in [2.75, 3.05) is 0 Å². The number of nitrogens with zero attached hydrogens (tertiary/aromatic N) is 2. The molecule has 0 saturated heterocycles. The predicted molar refractivity (Wildman–Crippen MR) is 204 cm³/mol. The Morgan fingerprint density at radius 2 is 0.720 bits per heavy atom. The van der Waals surface area contributed by atoms with Crippen molar-refractivity contribution in [1.29, 1.82) is 0 Å². The molecule has 0 aliphatic carbocycles. The lowest BCUT2D eigenvalue weighted by Crippen LogP contribution is -1.90. The van der Waals surface area contributed by atoms with E-state index < -0.39 is 0 Å². The molecule has 6 aromatic carbocycles. The van der Waals surface area contributed by atoms with Crippen LogP contribution in [0.5, 0.6) is 0 Å². The number of fused-ring (bicyclic) bond motifs is 6. The van der Waals surface area contributed by atoms with Crippen molar-refractivity contribution in [3.05, 3.63) is 170 Å². The molecule has 0 aliphatic heterocycles. The third-order valence-electron chi connectivity index (χ3n) is 9.65. The van der Waals surface area contributed by atoms with Gasteiger partial charge in [-0.3, -0.25) is 9.97 Å². The Balaban J connectivity index is 0.935. The number of aromatic nitrogens is 2. The van der Waals surface area contributed by atoms with Gasteiger partial charge in [-0.1, -0.05) is 121 Å². The first-order valence-electron chi connectivity index (χ1n) is 16.7. The number of hydrogen-bond donors (Lipinski definition) is 0. The summed E-state index contributed by atoms with van der Waals surface area (Å²) in [6.07, 6.45) is 3.71. The van der Waals surface area contributed by atoms with Gasteiger partial charge in [0, 0.05) is 45.1 Å². The van der Waals surface area contributed by atoms with Gasteiger partial charge in [0.25, 0.3) is 0 Å². The maximum atomic E-state index is 6.29. The summed E-state index contributed by atoms with van der Waals surface area (Å²) in [5.74, 6) is 0. The molecule has 0 saturated carbocycles. The fraction of sp³-hybridized carbons (Fsp3) is 0. The van der Waals surface area contributed by atoms with Crippen LogP contribution in [0.3, 0.4) is 0 Å². The van der Waals surface area contributed by atoms with Crippen molar-refractivity contribution >= 4 is 43.9 Å². The van der Waals surface area contributed by atoms with Gasteiger partial charge in [0.15, 0.2) is 0 Å². The summed E-state index contributed by atoms with van der Waals surface area (Å²) >= 11 is 0. The summed E-state index contributed by atoms with van der Waals surface area (Å²) < 4.78 is 12.6. The molecule has 0 N–H and O–H groups in total. The number of hydrogen-bond acceptors (Lipinski definition) is 4. The molecule has 0 aliphatic rings. The Morgan fingerprint density at radius 3 is 1.18 bits per heavy atom. The van der Waals surface area contributed by atoms with Crippen LogP contribution in [0.4, 0.5) is 0 Å². The van der Waals surface area contributed by atoms with Crippen LogP contribution in [-0.2, 0) is 0 Å². The van der Waals surface area contributed by atoms with E-state index in [2.05, 4.69) is 121 Å². The molecule has 10 aromatic rings. The second kappa shape index (κ2) is 11.4. The minimum absolute atomic E-state index is 0.827. The average molecular weight is 641 g/mol. The first kappa shape index (κ1) is 28.3. The van der Waals surface area contributed by atoms with Crippen LogP contribution in [0.1, 0.15) is 0 Å².